The molecule has 0 aliphatic heterocycles. The van der Waals surface area contributed by atoms with E-state index in [2.05, 4.69) is 10.2 Å². The lowest BCUT2D eigenvalue weighted by atomic mass is 10.1. The standard InChI is InChI=1S/C13H15N3O/c1-2-17-12-6-3-10(4-7-12)13-8-5-11(9-14)15-16-13/h3-8H,2,9,14H2,1H3. The minimum Gasteiger partial charge on any atom is -0.494 e. The molecule has 2 aromatic rings. The molecule has 0 saturated carbocycles. The van der Waals surface area contributed by atoms with E-state index in [1.165, 1.54) is 0 Å². The van der Waals surface area contributed by atoms with Crippen LogP contribution in [0.2, 0.25) is 0 Å². The van der Waals surface area contributed by atoms with Crippen molar-refractivity contribution in [2.45, 2.75) is 13.5 Å². The van der Waals surface area contributed by atoms with Gasteiger partial charge in [-0.1, -0.05) is 0 Å². The van der Waals surface area contributed by atoms with Crippen LogP contribution >= 0.6 is 0 Å². The molecule has 0 aliphatic rings. The lowest BCUT2D eigenvalue weighted by molar-refractivity contribution is 0.340. The second-order valence-electron chi connectivity index (χ2n) is 3.57. The molecule has 1 aromatic heterocycles. The summed E-state index contributed by atoms with van der Waals surface area (Å²) in [4.78, 5) is 0. The molecule has 0 unspecified atom stereocenters. The first-order valence-corrected chi connectivity index (χ1v) is 5.59. The third-order valence-electron chi connectivity index (χ3n) is 2.39. The molecule has 0 spiro atoms. The largest absolute Gasteiger partial charge is 0.494 e. The Bertz CT molecular complexity index is 465. The molecular weight excluding hydrogens is 214 g/mol. The molecule has 1 heterocycles. The molecule has 1 aromatic carbocycles. The molecule has 2 rings (SSSR count). The first-order chi connectivity index (χ1) is 8.33. The SMILES string of the molecule is CCOc1ccc(-c2ccc(CN)nn2)cc1. The van der Waals surface area contributed by atoms with E-state index in [-0.39, 0.29) is 0 Å². The van der Waals surface area contributed by atoms with E-state index in [9.17, 15) is 0 Å². The van der Waals surface area contributed by atoms with E-state index in [1.54, 1.807) is 0 Å². The number of nitrogens with zero attached hydrogens (tertiary/aromatic N) is 2. The Balaban J connectivity index is 2.20. The van der Waals surface area contributed by atoms with Gasteiger partial charge < -0.3 is 10.5 Å². The number of hydrogen-bond donors (Lipinski definition) is 1. The molecule has 88 valence electrons. The zero-order valence-corrected chi connectivity index (χ0v) is 9.76. The Hall–Kier alpha value is -1.94. The fraction of sp³-hybridized carbons (Fsp3) is 0.231. The third kappa shape index (κ3) is 2.79. The van der Waals surface area contributed by atoms with E-state index in [4.69, 9.17) is 10.5 Å². The highest BCUT2D eigenvalue weighted by molar-refractivity contribution is 5.59. The van der Waals surface area contributed by atoms with Crippen molar-refractivity contribution in [1.29, 1.82) is 0 Å². The Kier molecular flexibility index (Phi) is 3.67. The topological polar surface area (TPSA) is 61.0 Å². The Labute approximate surface area is 100 Å². The second-order valence-corrected chi connectivity index (χ2v) is 3.57. The minimum absolute atomic E-state index is 0.413. The zero-order valence-electron chi connectivity index (χ0n) is 9.76. The monoisotopic (exact) mass is 229 g/mol. The summed E-state index contributed by atoms with van der Waals surface area (Å²) in [5, 5.41) is 8.15. The first-order valence-electron chi connectivity index (χ1n) is 5.59. The van der Waals surface area contributed by atoms with Crippen molar-refractivity contribution < 1.29 is 4.74 Å². The van der Waals surface area contributed by atoms with Crippen molar-refractivity contribution in [2.24, 2.45) is 5.73 Å². The van der Waals surface area contributed by atoms with Crippen molar-refractivity contribution >= 4 is 0 Å². The number of hydrogen-bond acceptors (Lipinski definition) is 4. The van der Waals surface area contributed by atoms with Crippen LogP contribution in [0, 0.1) is 0 Å². The van der Waals surface area contributed by atoms with Gasteiger partial charge in [0.1, 0.15) is 5.75 Å². The Morgan fingerprint density at radius 2 is 1.82 bits per heavy atom. The molecule has 0 fully saturated rings. The molecule has 0 radical (unpaired) electrons. The van der Waals surface area contributed by atoms with Crippen LogP contribution in [0.5, 0.6) is 5.75 Å². The van der Waals surface area contributed by atoms with Gasteiger partial charge in [-0.3, -0.25) is 0 Å². The Morgan fingerprint density at radius 1 is 1.06 bits per heavy atom. The molecule has 2 N–H and O–H groups in total. The smallest absolute Gasteiger partial charge is 0.119 e. The van der Waals surface area contributed by atoms with Gasteiger partial charge in [-0.25, -0.2) is 0 Å². The fourth-order valence-corrected chi connectivity index (χ4v) is 1.51. The number of nitrogens with two attached hydrogens (primary N) is 1. The first kappa shape index (κ1) is 11.5. The Morgan fingerprint density at radius 3 is 2.35 bits per heavy atom. The molecular formula is C13H15N3O. The van der Waals surface area contributed by atoms with Gasteiger partial charge in [0.15, 0.2) is 0 Å². The summed E-state index contributed by atoms with van der Waals surface area (Å²) in [6.45, 7) is 3.05. The molecule has 4 heteroatoms. The van der Waals surface area contributed by atoms with Gasteiger partial charge in [-0.15, -0.1) is 0 Å². The van der Waals surface area contributed by atoms with Crippen LogP contribution in [0.4, 0.5) is 0 Å². The van der Waals surface area contributed by atoms with Crippen LogP contribution < -0.4 is 10.5 Å². The fourth-order valence-electron chi connectivity index (χ4n) is 1.51. The van der Waals surface area contributed by atoms with Crippen molar-refractivity contribution in [3.63, 3.8) is 0 Å². The average Bonchev–Trinajstić information content (AvgIpc) is 2.40. The number of rotatable bonds is 4. The van der Waals surface area contributed by atoms with Gasteiger partial charge >= 0.3 is 0 Å². The zero-order chi connectivity index (χ0) is 12.1. The van der Waals surface area contributed by atoms with Crippen LogP contribution in [0.1, 0.15) is 12.6 Å². The quantitative estimate of drug-likeness (QED) is 0.871. The predicted octanol–water partition coefficient (Wildman–Crippen LogP) is 2.00. The van der Waals surface area contributed by atoms with E-state index < -0.39 is 0 Å². The summed E-state index contributed by atoms with van der Waals surface area (Å²) < 4.78 is 5.38. The van der Waals surface area contributed by atoms with E-state index in [1.807, 2.05) is 43.3 Å². The lowest BCUT2D eigenvalue weighted by Crippen LogP contribution is -2.01. The highest BCUT2D eigenvalue weighted by Crippen LogP contribution is 2.20. The molecule has 0 atom stereocenters. The normalized spacial score (nSPS) is 10.2. The van der Waals surface area contributed by atoms with Crippen molar-refractivity contribution in [3.8, 4) is 17.0 Å². The van der Waals surface area contributed by atoms with Crippen molar-refractivity contribution in [1.82, 2.24) is 10.2 Å². The summed E-state index contributed by atoms with van der Waals surface area (Å²) in [5.74, 6) is 0.864. The minimum atomic E-state index is 0.413. The molecule has 0 amide bonds. The summed E-state index contributed by atoms with van der Waals surface area (Å²) in [6, 6.07) is 11.6. The highest BCUT2D eigenvalue weighted by Gasteiger charge is 2.01. The van der Waals surface area contributed by atoms with Crippen molar-refractivity contribution in [3.05, 3.63) is 42.1 Å². The molecule has 0 bridgehead atoms. The average molecular weight is 229 g/mol. The molecule has 0 aliphatic carbocycles. The molecule has 0 saturated heterocycles. The maximum absolute atomic E-state index is 5.47. The van der Waals surface area contributed by atoms with Gasteiger partial charge in [0.05, 0.1) is 18.0 Å². The number of benzene rings is 1. The van der Waals surface area contributed by atoms with Crippen LogP contribution in [0.3, 0.4) is 0 Å². The van der Waals surface area contributed by atoms with Crippen LogP contribution in [-0.4, -0.2) is 16.8 Å². The lowest BCUT2D eigenvalue weighted by Gasteiger charge is -2.04. The van der Waals surface area contributed by atoms with E-state index in [0.717, 1.165) is 22.7 Å². The molecule has 17 heavy (non-hydrogen) atoms. The number of aromatic nitrogens is 2. The van der Waals surface area contributed by atoms with E-state index >= 15 is 0 Å². The van der Waals surface area contributed by atoms with Crippen LogP contribution in [-0.2, 0) is 6.54 Å². The van der Waals surface area contributed by atoms with Crippen LogP contribution in [0.25, 0.3) is 11.3 Å². The maximum Gasteiger partial charge on any atom is 0.119 e. The predicted molar refractivity (Wildman–Crippen MR) is 66.5 cm³/mol. The van der Waals surface area contributed by atoms with Crippen molar-refractivity contribution in [2.75, 3.05) is 6.61 Å². The van der Waals surface area contributed by atoms with Gasteiger partial charge in [-0.2, -0.15) is 10.2 Å². The highest BCUT2D eigenvalue weighted by atomic mass is 16.5. The summed E-state index contributed by atoms with van der Waals surface area (Å²) >= 11 is 0. The summed E-state index contributed by atoms with van der Waals surface area (Å²) in [6.07, 6.45) is 0. The van der Waals surface area contributed by atoms with Gasteiger partial charge in [0.2, 0.25) is 0 Å². The molecule has 4 nitrogen and oxygen atoms in total. The third-order valence-corrected chi connectivity index (χ3v) is 2.39. The van der Waals surface area contributed by atoms with Crippen LogP contribution in [0.15, 0.2) is 36.4 Å². The van der Waals surface area contributed by atoms with E-state index in [0.29, 0.717) is 13.2 Å². The second kappa shape index (κ2) is 5.41. The summed E-state index contributed by atoms with van der Waals surface area (Å²) in [5.41, 5.74) is 8.12. The number of ether oxygens (including phenoxy) is 1. The summed E-state index contributed by atoms with van der Waals surface area (Å²) in [7, 11) is 0. The van der Waals surface area contributed by atoms with Gasteiger partial charge in [0.25, 0.3) is 0 Å². The maximum atomic E-state index is 5.47. The van der Waals surface area contributed by atoms with Gasteiger partial charge in [-0.05, 0) is 43.3 Å². The van der Waals surface area contributed by atoms with Gasteiger partial charge in [0, 0.05) is 12.1 Å².